The molecule has 0 atom stereocenters. The summed E-state index contributed by atoms with van der Waals surface area (Å²) >= 11 is 5.92. The van der Waals surface area contributed by atoms with Gasteiger partial charge in [-0.1, -0.05) is 35.9 Å². The number of methoxy groups -OCH3 is 1. The number of nitrogens with zero attached hydrogens (tertiary/aromatic N) is 2. The molecule has 2 aromatic rings. The summed E-state index contributed by atoms with van der Waals surface area (Å²) in [4.78, 5) is 28.3. The average Bonchev–Trinajstić information content (AvgIpc) is 2.74. The smallest absolute Gasteiger partial charge is 0.341 e. The third-order valence-electron chi connectivity index (χ3n) is 4.69. The molecule has 0 spiro atoms. The van der Waals surface area contributed by atoms with E-state index in [-0.39, 0.29) is 12.5 Å². The predicted molar refractivity (Wildman–Crippen MR) is 107 cm³/mol. The Balaban J connectivity index is 1.48. The normalized spacial score (nSPS) is 14.6. The molecule has 6 nitrogen and oxygen atoms in total. The van der Waals surface area contributed by atoms with Crippen LogP contribution >= 0.6 is 11.6 Å². The first-order valence-electron chi connectivity index (χ1n) is 9.11. The maximum atomic E-state index is 12.5. The van der Waals surface area contributed by atoms with Gasteiger partial charge in [0.1, 0.15) is 11.3 Å². The Hall–Kier alpha value is -2.57. The highest BCUT2D eigenvalue weighted by molar-refractivity contribution is 6.30. The van der Waals surface area contributed by atoms with Gasteiger partial charge in [0.05, 0.1) is 7.11 Å². The second-order valence-electron chi connectivity index (χ2n) is 6.56. The van der Waals surface area contributed by atoms with Crippen LogP contribution in [0, 0.1) is 0 Å². The summed E-state index contributed by atoms with van der Waals surface area (Å²) in [6.07, 6.45) is 0. The second-order valence-corrected chi connectivity index (χ2v) is 7.00. The van der Waals surface area contributed by atoms with Gasteiger partial charge in [-0.3, -0.25) is 9.69 Å². The van der Waals surface area contributed by atoms with Crippen LogP contribution in [0.1, 0.15) is 15.9 Å². The Kier molecular flexibility index (Phi) is 6.90. The van der Waals surface area contributed by atoms with Crippen molar-refractivity contribution in [2.45, 2.75) is 6.54 Å². The fourth-order valence-electron chi connectivity index (χ4n) is 3.11. The molecular weight excluding hydrogens is 380 g/mol. The molecule has 0 N–H and O–H groups in total. The van der Waals surface area contributed by atoms with Gasteiger partial charge in [0, 0.05) is 37.7 Å². The van der Waals surface area contributed by atoms with Crippen LogP contribution < -0.4 is 4.74 Å². The van der Waals surface area contributed by atoms with Crippen LogP contribution in [-0.4, -0.2) is 61.6 Å². The lowest BCUT2D eigenvalue weighted by atomic mass is 10.2. The SMILES string of the molecule is COC(=O)c1ccccc1OCC(=O)N1CCN(Cc2ccc(Cl)cc2)CC1. The van der Waals surface area contributed by atoms with Crippen molar-refractivity contribution in [3.8, 4) is 5.75 Å². The van der Waals surface area contributed by atoms with Gasteiger partial charge in [-0.15, -0.1) is 0 Å². The largest absolute Gasteiger partial charge is 0.483 e. The van der Waals surface area contributed by atoms with E-state index in [2.05, 4.69) is 4.90 Å². The summed E-state index contributed by atoms with van der Waals surface area (Å²) in [6, 6.07) is 14.6. The molecule has 0 aliphatic carbocycles. The number of carbonyl (C=O) groups excluding carboxylic acids is 2. The average molecular weight is 403 g/mol. The minimum atomic E-state index is -0.487. The van der Waals surface area contributed by atoms with E-state index in [1.807, 2.05) is 24.3 Å². The number of rotatable bonds is 6. The van der Waals surface area contributed by atoms with Crippen LogP contribution in [-0.2, 0) is 16.1 Å². The number of carbonyl (C=O) groups is 2. The fraction of sp³-hybridized carbons (Fsp3) is 0.333. The summed E-state index contributed by atoms with van der Waals surface area (Å²) < 4.78 is 10.3. The zero-order valence-electron chi connectivity index (χ0n) is 15.8. The molecular formula is C21H23ClN2O4. The van der Waals surface area contributed by atoms with Crippen molar-refractivity contribution in [2.75, 3.05) is 39.9 Å². The third kappa shape index (κ3) is 5.24. The zero-order valence-corrected chi connectivity index (χ0v) is 16.5. The van der Waals surface area contributed by atoms with E-state index >= 15 is 0 Å². The molecule has 0 aromatic heterocycles. The van der Waals surface area contributed by atoms with E-state index < -0.39 is 5.97 Å². The van der Waals surface area contributed by atoms with Crippen molar-refractivity contribution >= 4 is 23.5 Å². The van der Waals surface area contributed by atoms with Gasteiger partial charge in [0.2, 0.25) is 0 Å². The molecule has 3 rings (SSSR count). The van der Waals surface area contributed by atoms with Crippen molar-refractivity contribution < 1.29 is 19.1 Å². The number of para-hydroxylation sites is 1. The molecule has 2 aromatic carbocycles. The van der Waals surface area contributed by atoms with E-state index in [0.717, 1.165) is 24.7 Å². The minimum Gasteiger partial charge on any atom is -0.483 e. The Morgan fingerprint density at radius 1 is 1.00 bits per heavy atom. The topological polar surface area (TPSA) is 59.1 Å². The van der Waals surface area contributed by atoms with E-state index in [9.17, 15) is 9.59 Å². The number of piperazine rings is 1. The first kappa shape index (κ1) is 20.2. The van der Waals surface area contributed by atoms with Crippen molar-refractivity contribution in [2.24, 2.45) is 0 Å². The van der Waals surface area contributed by atoms with Gasteiger partial charge >= 0.3 is 5.97 Å². The predicted octanol–water partition coefficient (Wildman–Crippen LogP) is 2.85. The van der Waals surface area contributed by atoms with Crippen LogP contribution in [0.3, 0.4) is 0 Å². The van der Waals surface area contributed by atoms with Gasteiger partial charge in [0.25, 0.3) is 5.91 Å². The standard InChI is InChI=1S/C21H23ClN2O4/c1-27-21(26)18-4-2-3-5-19(18)28-15-20(25)24-12-10-23(11-13-24)14-16-6-8-17(22)9-7-16/h2-9H,10-15H2,1H3. The highest BCUT2D eigenvalue weighted by atomic mass is 35.5. The maximum Gasteiger partial charge on any atom is 0.341 e. The van der Waals surface area contributed by atoms with E-state index in [4.69, 9.17) is 21.1 Å². The number of ether oxygens (including phenoxy) is 2. The van der Waals surface area contributed by atoms with Gasteiger partial charge < -0.3 is 14.4 Å². The highest BCUT2D eigenvalue weighted by Crippen LogP contribution is 2.19. The van der Waals surface area contributed by atoms with Crippen LogP contribution in [0.5, 0.6) is 5.75 Å². The van der Waals surface area contributed by atoms with Crippen molar-refractivity contribution in [1.82, 2.24) is 9.80 Å². The fourth-order valence-corrected chi connectivity index (χ4v) is 3.23. The Labute approximate surface area is 169 Å². The lowest BCUT2D eigenvalue weighted by molar-refractivity contribution is -0.135. The number of hydrogen-bond donors (Lipinski definition) is 0. The first-order chi connectivity index (χ1) is 13.6. The van der Waals surface area contributed by atoms with Gasteiger partial charge in [-0.05, 0) is 29.8 Å². The summed E-state index contributed by atoms with van der Waals surface area (Å²) in [5, 5.41) is 0.730. The van der Waals surface area contributed by atoms with Gasteiger partial charge in [-0.25, -0.2) is 4.79 Å². The van der Waals surface area contributed by atoms with Crippen LogP contribution in [0.4, 0.5) is 0 Å². The summed E-state index contributed by atoms with van der Waals surface area (Å²) in [5.41, 5.74) is 1.51. The Morgan fingerprint density at radius 2 is 1.68 bits per heavy atom. The molecule has 1 aliphatic rings. The summed E-state index contributed by atoms with van der Waals surface area (Å²) in [6.45, 7) is 3.62. The van der Waals surface area contributed by atoms with Crippen LogP contribution in [0.25, 0.3) is 0 Å². The quantitative estimate of drug-likeness (QED) is 0.695. The van der Waals surface area contributed by atoms with Crippen molar-refractivity contribution in [3.63, 3.8) is 0 Å². The molecule has 0 saturated carbocycles. The summed E-state index contributed by atoms with van der Waals surface area (Å²) in [7, 11) is 1.31. The molecule has 28 heavy (non-hydrogen) atoms. The van der Waals surface area contributed by atoms with Crippen LogP contribution in [0.2, 0.25) is 5.02 Å². The first-order valence-corrected chi connectivity index (χ1v) is 9.49. The number of amides is 1. The maximum absolute atomic E-state index is 12.5. The molecule has 7 heteroatoms. The second kappa shape index (κ2) is 9.57. The monoisotopic (exact) mass is 402 g/mol. The number of esters is 1. The van der Waals surface area contributed by atoms with Crippen molar-refractivity contribution in [3.05, 3.63) is 64.7 Å². The van der Waals surface area contributed by atoms with Crippen molar-refractivity contribution in [1.29, 1.82) is 0 Å². The number of benzene rings is 2. The molecule has 1 fully saturated rings. The minimum absolute atomic E-state index is 0.0918. The van der Waals surface area contributed by atoms with E-state index in [0.29, 0.717) is 24.4 Å². The lowest BCUT2D eigenvalue weighted by Gasteiger charge is -2.34. The molecule has 0 radical (unpaired) electrons. The molecule has 1 amide bonds. The Bertz CT molecular complexity index is 817. The van der Waals surface area contributed by atoms with Crippen LogP contribution in [0.15, 0.2) is 48.5 Å². The number of hydrogen-bond acceptors (Lipinski definition) is 5. The molecule has 1 saturated heterocycles. The number of halogens is 1. The van der Waals surface area contributed by atoms with E-state index in [1.165, 1.54) is 12.7 Å². The molecule has 1 aliphatic heterocycles. The molecule has 148 valence electrons. The van der Waals surface area contributed by atoms with E-state index in [1.54, 1.807) is 29.2 Å². The van der Waals surface area contributed by atoms with Gasteiger partial charge in [-0.2, -0.15) is 0 Å². The Morgan fingerprint density at radius 3 is 2.36 bits per heavy atom. The zero-order chi connectivity index (χ0) is 19.9. The van der Waals surface area contributed by atoms with Gasteiger partial charge in [0.15, 0.2) is 6.61 Å². The molecule has 0 bridgehead atoms. The molecule has 0 unspecified atom stereocenters. The molecule has 1 heterocycles. The summed E-state index contributed by atoms with van der Waals surface area (Å²) in [5.74, 6) is -0.228. The highest BCUT2D eigenvalue weighted by Gasteiger charge is 2.22. The third-order valence-corrected chi connectivity index (χ3v) is 4.94. The lowest BCUT2D eigenvalue weighted by Crippen LogP contribution is -2.49.